The first kappa shape index (κ1) is 12.1. The van der Waals surface area contributed by atoms with E-state index < -0.39 is 0 Å². The lowest BCUT2D eigenvalue weighted by Gasteiger charge is -2.15. The summed E-state index contributed by atoms with van der Waals surface area (Å²) in [7, 11) is 0. The molecule has 0 amide bonds. The number of nitrogens with one attached hydrogen (secondary N) is 2. The minimum Gasteiger partial charge on any atom is -0.355 e. The second kappa shape index (κ2) is 5.29. The third-order valence-corrected chi connectivity index (χ3v) is 4.35. The molecule has 0 atom stereocenters. The molecular weight excluding hydrogens is 262 g/mol. The van der Waals surface area contributed by atoms with E-state index in [0.717, 1.165) is 33.2 Å². The van der Waals surface area contributed by atoms with Gasteiger partial charge in [-0.25, -0.2) is 0 Å². The zero-order chi connectivity index (χ0) is 11.5. The van der Waals surface area contributed by atoms with Crippen molar-refractivity contribution >= 4 is 46.5 Å². The van der Waals surface area contributed by atoms with Crippen molar-refractivity contribution < 1.29 is 0 Å². The Balaban J connectivity index is 1.88. The van der Waals surface area contributed by atoms with Crippen LogP contribution in [0.2, 0.25) is 4.34 Å². The largest absolute Gasteiger partial charge is 0.355 e. The zero-order valence-electron chi connectivity index (χ0n) is 9.21. The van der Waals surface area contributed by atoms with Crippen molar-refractivity contribution in [2.75, 3.05) is 11.9 Å². The van der Waals surface area contributed by atoms with E-state index in [1.807, 2.05) is 6.07 Å². The highest BCUT2D eigenvalue weighted by Crippen LogP contribution is 2.41. The lowest BCUT2D eigenvalue weighted by molar-refractivity contribution is 0.578. The van der Waals surface area contributed by atoms with E-state index in [2.05, 4.69) is 28.9 Å². The molecule has 0 aliphatic carbocycles. The summed E-state index contributed by atoms with van der Waals surface area (Å²) in [4.78, 5) is 0. The van der Waals surface area contributed by atoms with Crippen LogP contribution < -0.4 is 10.6 Å². The van der Waals surface area contributed by atoms with Crippen molar-refractivity contribution in [3.05, 3.63) is 10.4 Å². The average Bonchev–Trinajstić information content (AvgIpc) is 2.56. The summed E-state index contributed by atoms with van der Waals surface area (Å²) in [5.41, 5.74) is 1.06. The Labute approximate surface area is 109 Å². The van der Waals surface area contributed by atoms with Crippen molar-refractivity contribution in [3.8, 4) is 0 Å². The molecule has 2 rings (SSSR count). The molecule has 6 heteroatoms. The predicted molar refractivity (Wildman–Crippen MR) is 73.7 cm³/mol. The fourth-order valence-electron chi connectivity index (χ4n) is 1.29. The number of hydrogen-bond donors (Lipinski definition) is 2. The first-order valence-electron chi connectivity index (χ1n) is 5.20. The third kappa shape index (κ3) is 3.06. The standard InChI is InChI=1S/C10H14ClN3S2/c1-6(2)3-4-12-10-13-7-5-8(11)15-9(7)16-14-10/h5-6H,3-4H2,1-2H3,(H2,12,13,14). The van der Waals surface area contributed by atoms with E-state index in [1.165, 1.54) is 11.9 Å². The summed E-state index contributed by atoms with van der Waals surface area (Å²) in [6.45, 7) is 5.36. The molecule has 2 heterocycles. The fourth-order valence-corrected chi connectivity index (χ4v) is 3.37. The van der Waals surface area contributed by atoms with Gasteiger partial charge in [-0.1, -0.05) is 25.4 Å². The lowest BCUT2D eigenvalue weighted by atomic mass is 10.1. The predicted octanol–water partition coefficient (Wildman–Crippen LogP) is 3.83. The summed E-state index contributed by atoms with van der Waals surface area (Å²) in [6, 6.07) is 1.94. The van der Waals surface area contributed by atoms with Gasteiger partial charge >= 0.3 is 0 Å². The molecule has 0 saturated heterocycles. The van der Waals surface area contributed by atoms with Gasteiger partial charge in [0, 0.05) is 18.5 Å². The third-order valence-electron chi connectivity index (χ3n) is 2.15. The maximum Gasteiger partial charge on any atom is 0.207 e. The molecule has 1 aliphatic heterocycles. The highest BCUT2D eigenvalue weighted by molar-refractivity contribution is 8.00. The molecule has 3 nitrogen and oxygen atoms in total. The average molecular weight is 276 g/mol. The van der Waals surface area contributed by atoms with E-state index in [-0.39, 0.29) is 0 Å². The van der Waals surface area contributed by atoms with Crippen LogP contribution in [0, 0.1) is 5.92 Å². The molecule has 0 bridgehead atoms. The Hall–Kier alpha value is -0.390. The summed E-state index contributed by atoms with van der Waals surface area (Å²) < 4.78 is 6.26. The van der Waals surface area contributed by atoms with Gasteiger partial charge in [0.05, 0.1) is 10.0 Å². The lowest BCUT2D eigenvalue weighted by Crippen LogP contribution is -2.32. The highest BCUT2D eigenvalue weighted by Gasteiger charge is 2.15. The van der Waals surface area contributed by atoms with Crippen molar-refractivity contribution in [2.24, 2.45) is 10.3 Å². The van der Waals surface area contributed by atoms with Gasteiger partial charge in [-0.2, -0.15) is 4.40 Å². The van der Waals surface area contributed by atoms with Gasteiger partial charge in [-0.15, -0.1) is 11.3 Å². The summed E-state index contributed by atoms with van der Waals surface area (Å²) in [5.74, 6) is 1.53. The van der Waals surface area contributed by atoms with Crippen LogP contribution >= 0.6 is 34.9 Å². The molecule has 0 saturated carbocycles. The molecule has 0 radical (unpaired) electrons. The van der Waals surface area contributed by atoms with Gasteiger partial charge < -0.3 is 10.6 Å². The second-order valence-electron chi connectivity index (χ2n) is 4.02. The minimum atomic E-state index is 0.704. The van der Waals surface area contributed by atoms with Gasteiger partial charge in [0.1, 0.15) is 4.21 Å². The number of hydrogen-bond acceptors (Lipinski definition) is 5. The molecule has 1 aliphatic rings. The summed E-state index contributed by atoms with van der Waals surface area (Å²) in [6.07, 6.45) is 1.14. The number of rotatable bonds is 3. The Morgan fingerprint density at radius 2 is 2.38 bits per heavy atom. The number of thiophene rings is 1. The smallest absolute Gasteiger partial charge is 0.207 e. The van der Waals surface area contributed by atoms with Gasteiger partial charge in [-0.05, 0) is 18.4 Å². The van der Waals surface area contributed by atoms with E-state index in [9.17, 15) is 0 Å². The van der Waals surface area contributed by atoms with Gasteiger partial charge in [0.25, 0.3) is 0 Å². The van der Waals surface area contributed by atoms with Crippen LogP contribution in [0.3, 0.4) is 0 Å². The monoisotopic (exact) mass is 275 g/mol. The number of fused-ring (bicyclic) bond motifs is 1. The zero-order valence-corrected chi connectivity index (χ0v) is 11.6. The minimum absolute atomic E-state index is 0.704. The van der Waals surface area contributed by atoms with Crippen molar-refractivity contribution in [1.29, 1.82) is 0 Å². The van der Waals surface area contributed by atoms with Crippen LogP contribution in [-0.2, 0) is 0 Å². The first-order chi connectivity index (χ1) is 7.65. The highest BCUT2D eigenvalue weighted by atomic mass is 35.5. The van der Waals surface area contributed by atoms with Crippen LogP contribution in [0.25, 0.3) is 0 Å². The van der Waals surface area contributed by atoms with Crippen LogP contribution in [-0.4, -0.2) is 12.5 Å². The molecule has 16 heavy (non-hydrogen) atoms. The molecule has 1 aromatic heterocycles. The molecule has 0 aromatic carbocycles. The first-order valence-corrected chi connectivity index (χ1v) is 7.17. The van der Waals surface area contributed by atoms with E-state index >= 15 is 0 Å². The van der Waals surface area contributed by atoms with E-state index in [4.69, 9.17) is 11.6 Å². The molecule has 0 fully saturated rings. The van der Waals surface area contributed by atoms with Crippen molar-refractivity contribution in [3.63, 3.8) is 0 Å². The molecule has 2 N–H and O–H groups in total. The second-order valence-corrected chi connectivity index (χ2v) is 6.73. The quantitative estimate of drug-likeness (QED) is 0.823. The number of guanidine groups is 1. The van der Waals surface area contributed by atoms with Crippen LogP contribution in [0.15, 0.2) is 14.7 Å². The van der Waals surface area contributed by atoms with E-state index in [1.54, 1.807) is 11.3 Å². The fraction of sp³-hybridized carbons (Fsp3) is 0.500. The summed E-state index contributed by atoms with van der Waals surface area (Å²) >= 11 is 8.96. The number of anilines is 1. The number of nitrogens with zero attached hydrogens (tertiary/aromatic N) is 1. The van der Waals surface area contributed by atoms with Gasteiger partial charge in [0.2, 0.25) is 5.96 Å². The normalized spacial score (nSPS) is 14.4. The maximum absolute atomic E-state index is 5.94. The van der Waals surface area contributed by atoms with Crippen LogP contribution in [0.5, 0.6) is 0 Å². The Bertz CT molecular complexity index is 401. The Morgan fingerprint density at radius 3 is 3.12 bits per heavy atom. The molecule has 0 unspecified atom stereocenters. The summed E-state index contributed by atoms with van der Waals surface area (Å²) in [5, 5.41) is 6.52. The molecular formula is C10H14ClN3S2. The van der Waals surface area contributed by atoms with Gasteiger partial charge in [-0.3, -0.25) is 0 Å². The van der Waals surface area contributed by atoms with E-state index in [0.29, 0.717) is 5.92 Å². The van der Waals surface area contributed by atoms with Crippen LogP contribution in [0.1, 0.15) is 20.3 Å². The van der Waals surface area contributed by atoms with Crippen molar-refractivity contribution in [1.82, 2.24) is 5.32 Å². The van der Waals surface area contributed by atoms with Gasteiger partial charge in [0.15, 0.2) is 0 Å². The molecule has 1 aromatic rings. The topological polar surface area (TPSA) is 36.4 Å². The van der Waals surface area contributed by atoms with Crippen molar-refractivity contribution in [2.45, 2.75) is 24.5 Å². The molecule has 88 valence electrons. The Morgan fingerprint density at radius 1 is 1.56 bits per heavy atom. The number of halogens is 1. The Kier molecular flexibility index (Phi) is 4.00. The molecule has 0 spiro atoms. The maximum atomic E-state index is 5.94. The SMILES string of the molecule is CC(C)CCNC1=NSc2sc(Cl)cc2N1. The van der Waals surface area contributed by atoms with Crippen LogP contribution in [0.4, 0.5) is 5.69 Å².